The quantitative estimate of drug-likeness (QED) is 0.385. The zero-order chi connectivity index (χ0) is 22.1. The van der Waals surface area contributed by atoms with Crippen LogP contribution >= 0.6 is 23.4 Å². The van der Waals surface area contributed by atoms with Crippen LogP contribution in [-0.2, 0) is 15.7 Å². The summed E-state index contributed by atoms with van der Waals surface area (Å²) in [6, 6.07) is 1.59. The summed E-state index contributed by atoms with van der Waals surface area (Å²) >= 11 is 6.53. The van der Waals surface area contributed by atoms with Gasteiger partial charge in [-0.25, -0.2) is 18.4 Å². The minimum atomic E-state index is -5.10. The van der Waals surface area contributed by atoms with Crippen LogP contribution in [0.15, 0.2) is 32.7 Å². The number of nitrogen functional groups attached to an aromatic ring is 1. The van der Waals surface area contributed by atoms with Crippen LogP contribution < -0.4 is 17.1 Å². The topological polar surface area (TPSA) is 117 Å². The molecule has 1 unspecified atom stereocenters. The molecule has 158 valence electrons. The fourth-order valence-corrected chi connectivity index (χ4v) is 3.48. The second kappa shape index (κ2) is 8.47. The highest BCUT2D eigenvalue weighted by Crippen LogP contribution is 2.34. The van der Waals surface area contributed by atoms with Crippen molar-refractivity contribution in [2.75, 3.05) is 19.6 Å². The minimum absolute atomic E-state index is 0.0350. The van der Waals surface area contributed by atoms with E-state index in [9.17, 15) is 37.1 Å². The Morgan fingerprint density at radius 3 is 2.48 bits per heavy atom. The molecule has 0 amide bonds. The van der Waals surface area contributed by atoms with Gasteiger partial charge in [-0.15, -0.1) is 11.8 Å². The molecule has 2 rings (SSSR count). The van der Waals surface area contributed by atoms with Gasteiger partial charge in [0.1, 0.15) is 11.1 Å². The molecule has 1 heterocycles. The Morgan fingerprint density at radius 2 is 1.97 bits per heavy atom. The summed E-state index contributed by atoms with van der Waals surface area (Å²) in [7, 11) is 1.25. The Morgan fingerprint density at radius 1 is 1.34 bits per heavy atom. The van der Waals surface area contributed by atoms with Crippen LogP contribution in [0, 0.1) is 5.82 Å². The first-order valence-electron chi connectivity index (χ1n) is 7.47. The van der Waals surface area contributed by atoms with Gasteiger partial charge in [-0.3, -0.25) is 9.59 Å². The third-order valence-electron chi connectivity index (χ3n) is 3.53. The first-order chi connectivity index (χ1) is 13.4. The van der Waals surface area contributed by atoms with Crippen molar-refractivity contribution in [1.82, 2.24) is 9.24 Å². The van der Waals surface area contributed by atoms with E-state index in [1.54, 1.807) is 0 Å². The van der Waals surface area contributed by atoms with Gasteiger partial charge in [0.15, 0.2) is 5.69 Å². The fourth-order valence-electron chi connectivity index (χ4n) is 2.24. The van der Waals surface area contributed by atoms with Crippen molar-refractivity contribution in [2.45, 2.75) is 16.3 Å². The molecule has 1 aromatic carbocycles. The molecule has 0 spiro atoms. The standard InChI is InChI=1S/C15H12ClF4N3O5S/c1-28-5-10(13(25)26)29-9-3-8(7(17)2-6(9)16)22-12(24)4-11(15(18,19)20)23(21)14(22)27/h2-4,10H,5,21H2,1H3,(H,25,26). The van der Waals surface area contributed by atoms with E-state index in [0.717, 1.165) is 6.07 Å². The van der Waals surface area contributed by atoms with E-state index in [4.69, 9.17) is 22.2 Å². The van der Waals surface area contributed by atoms with Crippen LogP contribution in [0.3, 0.4) is 0 Å². The molecule has 0 saturated carbocycles. The zero-order valence-electron chi connectivity index (χ0n) is 14.4. The average molecular weight is 458 g/mol. The van der Waals surface area contributed by atoms with Crippen LogP contribution in [0.1, 0.15) is 5.69 Å². The molecule has 0 bridgehead atoms. The number of aliphatic carboxylic acids is 1. The maximum atomic E-state index is 14.4. The number of alkyl halides is 3. The lowest BCUT2D eigenvalue weighted by molar-refractivity contribution is -0.143. The molecule has 3 N–H and O–H groups in total. The third-order valence-corrected chi connectivity index (χ3v) is 5.17. The molecule has 0 aliphatic heterocycles. The van der Waals surface area contributed by atoms with Gasteiger partial charge in [-0.05, 0) is 12.1 Å². The van der Waals surface area contributed by atoms with Crippen molar-refractivity contribution in [3.63, 3.8) is 0 Å². The SMILES string of the molecule is COCC(Sc1cc(-n2c(=O)cc(C(F)(F)F)n(N)c2=O)c(F)cc1Cl)C(=O)O. The number of benzene rings is 1. The van der Waals surface area contributed by atoms with Crippen LogP contribution in [0.25, 0.3) is 5.69 Å². The van der Waals surface area contributed by atoms with E-state index in [-0.39, 0.29) is 31.8 Å². The number of nitrogens with zero attached hydrogens (tertiary/aromatic N) is 2. The maximum Gasteiger partial charge on any atom is 0.433 e. The molecule has 0 radical (unpaired) electrons. The van der Waals surface area contributed by atoms with Crippen molar-refractivity contribution in [1.29, 1.82) is 0 Å². The molecule has 8 nitrogen and oxygen atoms in total. The van der Waals surface area contributed by atoms with Gasteiger partial charge in [-0.2, -0.15) is 13.2 Å². The normalized spacial score (nSPS) is 12.8. The average Bonchev–Trinajstić information content (AvgIpc) is 2.60. The van der Waals surface area contributed by atoms with E-state index in [1.807, 2.05) is 0 Å². The number of hydrogen-bond acceptors (Lipinski definition) is 6. The van der Waals surface area contributed by atoms with Crippen molar-refractivity contribution in [2.24, 2.45) is 0 Å². The van der Waals surface area contributed by atoms with Crippen molar-refractivity contribution in [3.05, 3.63) is 55.6 Å². The lowest BCUT2D eigenvalue weighted by atomic mass is 10.3. The zero-order valence-corrected chi connectivity index (χ0v) is 15.9. The van der Waals surface area contributed by atoms with Gasteiger partial charge < -0.3 is 15.7 Å². The molecule has 14 heteroatoms. The lowest BCUT2D eigenvalue weighted by Crippen LogP contribution is -2.45. The largest absolute Gasteiger partial charge is 0.480 e. The van der Waals surface area contributed by atoms with E-state index in [1.165, 1.54) is 7.11 Å². The Balaban J connectivity index is 2.68. The molecule has 0 aliphatic rings. The number of carboxylic acids is 1. The fraction of sp³-hybridized carbons (Fsp3) is 0.267. The van der Waals surface area contributed by atoms with Gasteiger partial charge in [0.05, 0.1) is 17.3 Å². The van der Waals surface area contributed by atoms with Gasteiger partial charge in [-0.1, -0.05) is 11.6 Å². The molecule has 2 aromatic rings. The number of nitrogens with two attached hydrogens (primary N) is 1. The summed E-state index contributed by atoms with van der Waals surface area (Å²) in [4.78, 5) is 35.5. The van der Waals surface area contributed by atoms with Gasteiger partial charge in [0.2, 0.25) is 0 Å². The van der Waals surface area contributed by atoms with Gasteiger partial charge >= 0.3 is 17.8 Å². The predicted octanol–water partition coefficient (Wildman–Crippen LogP) is 1.72. The Hall–Kier alpha value is -2.51. The maximum absolute atomic E-state index is 14.4. The van der Waals surface area contributed by atoms with Gasteiger partial charge in [0, 0.05) is 18.1 Å². The first-order valence-corrected chi connectivity index (χ1v) is 8.73. The molecule has 0 aliphatic carbocycles. The van der Waals surface area contributed by atoms with E-state index in [2.05, 4.69) is 0 Å². The summed E-state index contributed by atoms with van der Waals surface area (Å²) in [5.41, 5.74) is -5.62. The smallest absolute Gasteiger partial charge is 0.433 e. The van der Waals surface area contributed by atoms with Crippen LogP contribution in [0.2, 0.25) is 5.02 Å². The van der Waals surface area contributed by atoms with Crippen molar-refractivity contribution >= 4 is 29.3 Å². The van der Waals surface area contributed by atoms with Crippen LogP contribution in [0.4, 0.5) is 17.6 Å². The summed E-state index contributed by atoms with van der Waals surface area (Å²) in [6.07, 6.45) is -5.10. The van der Waals surface area contributed by atoms with Crippen LogP contribution in [-0.4, -0.2) is 39.3 Å². The highest BCUT2D eigenvalue weighted by molar-refractivity contribution is 8.00. The number of ether oxygens (including phenoxy) is 1. The summed E-state index contributed by atoms with van der Waals surface area (Å²) in [6.45, 7) is -0.251. The van der Waals surface area contributed by atoms with E-state index in [0.29, 0.717) is 17.8 Å². The molecule has 1 atom stereocenters. The van der Waals surface area contributed by atoms with Gasteiger partial charge in [0.25, 0.3) is 5.56 Å². The molecule has 29 heavy (non-hydrogen) atoms. The van der Waals surface area contributed by atoms with Crippen molar-refractivity contribution < 1.29 is 32.2 Å². The number of hydrogen-bond donors (Lipinski definition) is 2. The minimum Gasteiger partial charge on any atom is -0.480 e. The Kier molecular flexibility index (Phi) is 6.65. The number of methoxy groups -OCH3 is 1. The number of carboxylic acid groups (broad SMARTS) is 1. The van der Waals surface area contributed by atoms with E-state index < -0.39 is 45.8 Å². The Labute approximate surface area is 168 Å². The monoisotopic (exact) mass is 457 g/mol. The third kappa shape index (κ3) is 4.74. The molecular weight excluding hydrogens is 446 g/mol. The number of carbonyl (C=O) groups is 1. The number of thioether (sulfide) groups is 1. The number of rotatable bonds is 6. The van der Waals surface area contributed by atoms with E-state index >= 15 is 0 Å². The highest BCUT2D eigenvalue weighted by atomic mass is 35.5. The molecule has 0 saturated heterocycles. The molecule has 1 aromatic heterocycles. The number of halogens is 5. The molecule has 0 fully saturated rings. The second-order valence-electron chi connectivity index (χ2n) is 5.49. The number of aromatic nitrogens is 2. The second-order valence-corrected chi connectivity index (χ2v) is 7.14. The Bertz CT molecular complexity index is 1070. The summed E-state index contributed by atoms with van der Waals surface area (Å²) in [5.74, 6) is 2.64. The highest BCUT2D eigenvalue weighted by Gasteiger charge is 2.36. The molecular formula is C15H12ClF4N3O5S. The summed E-state index contributed by atoms with van der Waals surface area (Å²) in [5, 5.41) is 7.76. The van der Waals surface area contributed by atoms with Crippen molar-refractivity contribution in [3.8, 4) is 5.69 Å². The first kappa shape index (κ1) is 22.8. The van der Waals surface area contributed by atoms with Crippen LogP contribution in [0.5, 0.6) is 0 Å². The predicted molar refractivity (Wildman–Crippen MR) is 95.6 cm³/mol. The summed E-state index contributed by atoms with van der Waals surface area (Å²) < 4.78 is 57.5. The lowest BCUT2D eigenvalue weighted by Gasteiger charge is -2.16.